The van der Waals surface area contributed by atoms with E-state index in [9.17, 15) is 9.59 Å². The van der Waals surface area contributed by atoms with Crippen molar-refractivity contribution < 1.29 is 9.59 Å². The minimum Gasteiger partial charge on any atom is -0.366 e. The van der Waals surface area contributed by atoms with Crippen molar-refractivity contribution in [2.45, 2.75) is 0 Å². The molecule has 4 nitrogen and oxygen atoms in total. The Balaban J connectivity index is 2.62. The van der Waals surface area contributed by atoms with Crippen LogP contribution in [0, 0.1) is 0 Å². The third-order valence-electron chi connectivity index (χ3n) is 4.25. The number of benzene rings is 3. The van der Waals surface area contributed by atoms with Crippen molar-refractivity contribution in [3.63, 3.8) is 0 Å². The molecule has 4 N–H and O–H groups in total. The summed E-state index contributed by atoms with van der Waals surface area (Å²) in [5.41, 5.74) is 14.2. The molecule has 0 aliphatic rings. The Morgan fingerprint density at radius 2 is 0.800 bits per heavy atom. The van der Waals surface area contributed by atoms with E-state index in [4.69, 9.17) is 11.5 Å². The Labute approximate surface area is 222 Å². The molecule has 0 atom stereocenters. The van der Waals surface area contributed by atoms with Gasteiger partial charge in [-0.15, -0.1) is 0 Å². The molecular weight excluding hydrogens is 780 g/mol. The Kier molecular flexibility index (Phi) is 7.67. The van der Waals surface area contributed by atoms with Gasteiger partial charge in [0.15, 0.2) is 0 Å². The molecule has 0 saturated heterocycles. The third-order valence-corrected chi connectivity index (χ3v) is 7.67. The number of hydrogen-bond donors (Lipinski definition) is 2. The van der Waals surface area contributed by atoms with Crippen LogP contribution in [0.25, 0.3) is 22.3 Å². The van der Waals surface area contributed by atoms with E-state index in [-0.39, 0.29) is 11.1 Å². The van der Waals surface area contributed by atoms with Gasteiger partial charge in [-0.25, -0.2) is 0 Å². The van der Waals surface area contributed by atoms with E-state index >= 15 is 0 Å². The largest absolute Gasteiger partial charge is 0.366 e. The quantitative estimate of drug-likeness (QED) is 0.283. The van der Waals surface area contributed by atoms with Crippen LogP contribution in [-0.2, 0) is 0 Å². The number of hydrogen-bond acceptors (Lipinski definition) is 2. The molecule has 0 aromatic heterocycles. The van der Waals surface area contributed by atoms with Crippen LogP contribution in [0.5, 0.6) is 0 Å². The van der Waals surface area contributed by atoms with E-state index in [0.717, 1.165) is 8.95 Å². The molecule has 154 valence electrons. The first-order valence-corrected chi connectivity index (χ1v) is 12.8. The molecule has 0 fully saturated rings. The van der Waals surface area contributed by atoms with Crippen LogP contribution in [0.2, 0.25) is 0 Å². The molecule has 0 radical (unpaired) electrons. The van der Waals surface area contributed by atoms with Gasteiger partial charge >= 0.3 is 0 Å². The molecule has 0 aliphatic heterocycles. The highest BCUT2D eigenvalue weighted by Gasteiger charge is 2.27. The average molecular weight is 790 g/mol. The van der Waals surface area contributed by atoms with Crippen molar-refractivity contribution in [1.29, 1.82) is 0 Å². The van der Waals surface area contributed by atoms with E-state index in [0.29, 0.717) is 40.1 Å². The van der Waals surface area contributed by atoms with Crippen molar-refractivity contribution >= 4 is 107 Å². The maximum atomic E-state index is 12.4. The number of halogens is 6. The lowest BCUT2D eigenvalue weighted by molar-refractivity contribution is 0.0989. The summed E-state index contributed by atoms with van der Waals surface area (Å²) in [7, 11) is 0. The fourth-order valence-corrected chi connectivity index (χ4v) is 8.41. The summed E-state index contributed by atoms with van der Waals surface area (Å²) in [6.45, 7) is 0. The molecule has 0 unspecified atom stereocenters. The summed E-state index contributed by atoms with van der Waals surface area (Å²) >= 11 is 21.2. The lowest BCUT2D eigenvalue weighted by Crippen LogP contribution is -2.18. The minimum absolute atomic E-state index is 0.250. The van der Waals surface area contributed by atoms with E-state index in [1.807, 2.05) is 24.3 Å². The summed E-state index contributed by atoms with van der Waals surface area (Å²) in [6.07, 6.45) is 0. The van der Waals surface area contributed by atoms with E-state index < -0.39 is 11.8 Å². The molecule has 10 heteroatoms. The van der Waals surface area contributed by atoms with Crippen LogP contribution >= 0.6 is 95.6 Å². The maximum absolute atomic E-state index is 12.4. The highest BCUT2D eigenvalue weighted by Crippen LogP contribution is 2.49. The number of carbonyl (C=O) groups excluding carboxylic acids is 2. The highest BCUT2D eigenvalue weighted by molar-refractivity contribution is 9.12. The molecule has 0 saturated carbocycles. The zero-order chi connectivity index (χ0) is 22.3. The highest BCUT2D eigenvalue weighted by atomic mass is 79.9. The molecule has 3 rings (SSSR count). The van der Waals surface area contributed by atoms with Crippen molar-refractivity contribution in [2.24, 2.45) is 11.5 Å². The number of rotatable bonds is 4. The van der Waals surface area contributed by atoms with Crippen molar-refractivity contribution in [3.05, 3.63) is 74.4 Å². The van der Waals surface area contributed by atoms with Gasteiger partial charge in [0.2, 0.25) is 11.8 Å². The second kappa shape index (κ2) is 9.54. The Morgan fingerprint density at radius 1 is 0.533 bits per heavy atom. The van der Waals surface area contributed by atoms with Crippen LogP contribution in [-0.4, -0.2) is 11.8 Å². The van der Waals surface area contributed by atoms with Gasteiger partial charge in [0.25, 0.3) is 0 Å². The first kappa shape index (κ1) is 24.1. The second-order valence-electron chi connectivity index (χ2n) is 6.13. The van der Waals surface area contributed by atoms with Gasteiger partial charge in [0.05, 0.1) is 0 Å². The van der Waals surface area contributed by atoms with Gasteiger partial charge in [0.1, 0.15) is 0 Å². The Morgan fingerprint density at radius 3 is 1.03 bits per heavy atom. The summed E-state index contributed by atoms with van der Waals surface area (Å²) in [4.78, 5) is 24.8. The van der Waals surface area contributed by atoms with Crippen LogP contribution in [0.1, 0.15) is 20.7 Å². The van der Waals surface area contributed by atoms with Crippen LogP contribution in [0.3, 0.4) is 0 Å². The van der Waals surface area contributed by atoms with Crippen LogP contribution in [0.4, 0.5) is 0 Å². The lowest BCUT2D eigenvalue weighted by Gasteiger charge is -2.21. The van der Waals surface area contributed by atoms with Crippen LogP contribution in [0.15, 0.2) is 63.2 Å². The molecule has 2 amide bonds. The van der Waals surface area contributed by atoms with Gasteiger partial charge in [-0.2, -0.15) is 0 Å². The standard InChI is InChI=1S/C20H10Br6N2O2/c21-7-3-11(23)17(12(24)4-7)15-9(19(27)29)1-2-10(20(28)30)16(15)18-13(25)5-8(22)6-14(18)26/h1-6H,(H2,27,29)(H2,28,30). The summed E-state index contributed by atoms with van der Waals surface area (Å²) in [6, 6.07) is 10.4. The number of primary amides is 2. The molecular formula is C20H10Br6N2O2. The van der Waals surface area contributed by atoms with Crippen molar-refractivity contribution in [3.8, 4) is 22.3 Å². The first-order valence-electron chi connectivity index (χ1n) is 8.09. The number of nitrogens with two attached hydrogens (primary N) is 2. The van der Waals surface area contributed by atoms with Gasteiger partial charge in [-0.1, -0.05) is 95.6 Å². The predicted molar refractivity (Wildman–Crippen MR) is 141 cm³/mol. The van der Waals surface area contributed by atoms with Crippen molar-refractivity contribution in [1.82, 2.24) is 0 Å². The monoisotopic (exact) mass is 784 g/mol. The molecule has 0 spiro atoms. The molecule has 0 bridgehead atoms. The zero-order valence-corrected chi connectivity index (χ0v) is 24.2. The summed E-state index contributed by atoms with van der Waals surface area (Å²) in [5, 5.41) is 0. The maximum Gasteiger partial charge on any atom is 0.249 e. The summed E-state index contributed by atoms with van der Waals surface area (Å²) < 4.78 is 4.42. The first-order chi connectivity index (χ1) is 14.0. The molecule has 3 aromatic carbocycles. The van der Waals surface area contributed by atoms with Gasteiger partial charge < -0.3 is 11.5 Å². The number of carbonyl (C=O) groups is 2. The Hall–Kier alpha value is -0.520. The molecule has 30 heavy (non-hydrogen) atoms. The number of amides is 2. The van der Waals surface area contributed by atoms with Crippen LogP contribution < -0.4 is 11.5 Å². The predicted octanol–water partition coefficient (Wildman–Crippen LogP) is 7.79. The van der Waals surface area contributed by atoms with E-state index in [1.165, 1.54) is 12.1 Å². The second-order valence-corrected chi connectivity index (χ2v) is 11.4. The Bertz CT molecular complexity index is 1090. The smallest absolute Gasteiger partial charge is 0.249 e. The van der Waals surface area contributed by atoms with E-state index in [2.05, 4.69) is 95.6 Å². The molecule has 0 aliphatic carbocycles. The molecule has 3 aromatic rings. The SMILES string of the molecule is NC(=O)c1ccc(C(N)=O)c(-c2c(Br)cc(Br)cc2Br)c1-c1c(Br)cc(Br)cc1Br. The normalized spacial score (nSPS) is 10.9. The fraction of sp³-hybridized carbons (Fsp3) is 0. The average Bonchev–Trinajstić information content (AvgIpc) is 2.60. The third kappa shape index (κ3) is 4.63. The van der Waals surface area contributed by atoms with Gasteiger partial charge in [-0.05, 0) is 36.4 Å². The minimum atomic E-state index is -0.631. The van der Waals surface area contributed by atoms with E-state index in [1.54, 1.807) is 0 Å². The topological polar surface area (TPSA) is 86.2 Å². The zero-order valence-electron chi connectivity index (χ0n) is 14.7. The molecule has 0 heterocycles. The van der Waals surface area contributed by atoms with Gasteiger partial charge in [-0.3, -0.25) is 9.59 Å². The van der Waals surface area contributed by atoms with Crippen molar-refractivity contribution in [2.75, 3.05) is 0 Å². The summed E-state index contributed by atoms with van der Waals surface area (Å²) in [5.74, 6) is -1.26. The van der Waals surface area contributed by atoms with Gasteiger partial charge in [0, 0.05) is 60.2 Å². The fourth-order valence-electron chi connectivity index (χ4n) is 3.09. The lowest BCUT2D eigenvalue weighted by atomic mass is 9.86.